The second-order valence-electron chi connectivity index (χ2n) is 5.16. The van der Waals surface area contributed by atoms with E-state index in [9.17, 15) is 13.2 Å². The quantitative estimate of drug-likeness (QED) is 0.790. The lowest BCUT2D eigenvalue weighted by Gasteiger charge is -2.17. The smallest absolute Gasteiger partial charge is 0.244 e. The van der Waals surface area contributed by atoms with E-state index in [1.165, 1.54) is 16.4 Å². The molecule has 1 aromatic carbocycles. The van der Waals surface area contributed by atoms with Gasteiger partial charge in [0, 0.05) is 31.7 Å². The number of nitrogens with one attached hydrogen (secondary N) is 2. The Morgan fingerprint density at radius 3 is 2.57 bits per heavy atom. The van der Waals surface area contributed by atoms with Crippen LogP contribution in [0.5, 0.6) is 0 Å². The highest BCUT2D eigenvalue weighted by Crippen LogP contribution is 2.29. The largest absolute Gasteiger partial charge is 0.326 e. The lowest BCUT2D eigenvalue weighted by Crippen LogP contribution is -2.28. The van der Waals surface area contributed by atoms with Crippen LogP contribution in [0.15, 0.2) is 23.1 Å². The molecule has 0 aliphatic carbocycles. The van der Waals surface area contributed by atoms with Crippen LogP contribution in [0.2, 0.25) is 5.02 Å². The van der Waals surface area contributed by atoms with Crippen LogP contribution in [0.1, 0.15) is 19.3 Å². The number of rotatable bonds is 6. The van der Waals surface area contributed by atoms with Crippen LogP contribution in [-0.4, -0.2) is 45.3 Å². The Labute approximate surface area is 148 Å². The van der Waals surface area contributed by atoms with Crippen molar-refractivity contribution in [3.63, 3.8) is 0 Å². The summed E-state index contributed by atoms with van der Waals surface area (Å²) >= 11 is 6.05. The summed E-state index contributed by atoms with van der Waals surface area (Å²) in [6, 6.07) is 4.52. The summed E-state index contributed by atoms with van der Waals surface area (Å²) < 4.78 is 26.6. The lowest BCUT2D eigenvalue weighted by atomic mass is 10.3. The van der Waals surface area contributed by atoms with Gasteiger partial charge < -0.3 is 10.6 Å². The van der Waals surface area contributed by atoms with Crippen LogP contribution in [-0.2, 0) is 14.8 Å². The minimum Gasteiger partial charge on any atom is -0.326 e. The molecule has 1 fully saturated rings. The summed E-state index contributed by atoms with van der Waals surface area (Å²) in [5.74, 6) is -0.179. The second-order valence-corrected chi connectivity index (χ2v) is 7.47. The van der Waals surface area contributed by atoms with Gasteiger partial charge in [-0.15, -0.1) is 12.4 Å². The van der Waals surface area contributed by atoms with E-state index in [0.29, 0.717) is 31.7 Å². The molecule has 0 bridgehead atoms. The molecule has 1 heterocycles. The number of hydrogen-bond acceptors (Lipinski definition) is 4. The molecule has 6 nitrogen and oxygen atoms in total. The molecule has 0 radical (unpaired) electrons. The minimum atomic E-state index is -3.61. The molecule has 0 spiro atoms. The molecule has 23 heavy (non-hydrogen) atoms. The van der Waals surface area contributed by atoms with E-state index in [4.69, 9.17) is 11.6 Å². The van der Waals surface area contributed by atoms with Gasteiger partial charge in [0.2, 0.25) is 15.9 Å². The molecule has 2 rings (SSSR count). The number of carbonyl (C=O) groups excluding carboxylic acids is 1. The normalized spacial score (nSPS) is 15.2. The number of benzene rings is 1. The average molecular weight is 382 g/mol. The van der Waals surface area contributed by atoms with E-state index in [1.54, 1.807) is 13.1 Å². The predicted molar refractivity (Wildman–Crippen MR) is 93.9 cm³/mol. The van der Waals surface area contributed by atoms with Gasteiger partial charge in [0.25, 0.3) is 0 Å². The van der Waals surface area contributed by atoms with Crippen molar-refractivity contribution in [1.29, 1.82) is 0 Å². The van der Waals surface area contributed by atoms with Crippen LogP contribution >= 0.6 is 24.0 Å². The summed E-state index contributed by atoms with van der Waals surface area (Å²) in [5.41, 5.74) is 0.434. The Morgan fingerprint density at radius 2 is 1.96 bits per heavy atom. The van der Waals surface area contributed by atoms with Gasteiger partial charge in [-0.05, 0) is 38.1 Å². The van der Waals surface area contributed by atoms with Crippen molar-refractivity contribution >= 4 is 45.6 Å². The molecule has 9 heteroatoms. The number of halogens is 2. The van der Waals surface area contributed by atoms with Crippen molar-refractivity contribution < 1.29 is 13.2 Å². The van der Waals surface area contributed by atoms with Gasteiger partial charge in [-0.3, -0.25) is 4.79 Å². The molecule has 0 aromatic heterocycles. The number of hydrogen-bond donors (Lipinski definition) is 2. The van der Waals surface area contributed by atoms with Crippen LogP contribution in [0.4, 0.5) is 5.69 Å². The summed E-state index contributed by atoms with van der Waals surface area (Å²) in [7, 11) is -1.85. The summed E-state index contributed by atoms with van der Waals surface area (Å²) in [6.07, 6.45) is 2.03. The van der Waals surface area contributed by atoms with Gasteiger partial charge >= 0.3 is 0 Å². The Balaban J connectivity index is 0.00000264. The van der Waals surface area contributed by atoms with E-state index >= 15 is 0 Å². The SMILES string of the molecule is CNCCC(=O)Nc1ccc(Cl)c(S(=O)(=O)N2CCCC2)c1.Cl. The monoisotopic (exact) mass is 381 g/mol. The maximum atomic E-state index is 12.6. The fourth-order valence-corrected chi connectivity index (χ4v) is 4.33. The Hall–Kier alpha value is -0.860. The van der Waals surface area contributed by atoms with Gasteiger partial charge in [0.05, 0.1) is 5.02 Å². The number of sulfonamides is 1. The molecule has 1 saturated heterocycles. The number of anilines is 1. The molecule has 2 N–H and O–H groups in total. The standard InChI is InChI=1S/C14H20ClN3O3S.ClH/c1-16-7-6-14(19)17-11-4-5-12(15)13(10-11)22(20,21)18-8-2-3-9-18;/h4-5,10,16H,2-3,6-9H2,1H3,(H,17,19);1H. The zero-order chi connectivity index (χ0) is 16.2. The van der Waals surface area contributed by atoms with E-state index in [2.05, 4.69) is 10.6 Å². The fourth-order valence-electron chi connectivity index (χ4n) is 2.31. The van der Waals surface area contributed by atoms with Crippen LogP contribution in [0, 0.1) is 0 Å². The van der Waals surface area contributed by atoms with Crippen LogP contribution in [0.3, 0.4) is 0 Å². The van der Waals surface area contributed by atoms with Crippen molar-refractivity contribution in [2.24, 2.45) is 0 Å². The Kier molecular flexibility index (Phi) is 7.76. The zero-order valence-electron chi connectivity index (χ0n) is 12.8. The third-order valence-electron chi connectivity index (χ3n) is 3.50. The summed E-state index contributed by atoms with van der Waals surface area (Å²) in [6.45, 7) is 1.58. The molecule has 1 amide bonds. The topological polar surface area (TPSA) is 78.5 Å². The average Bonchev–Trinajstić information content (AvgIpc) is 3.02. The van der Waals surface area contributed by atoms with E-state index < -0.39 is 10.0 Å². The van der Waals surface area contributed by atoms with Gasteiger partial charge in [0.15, 0.2) is 0 Å². The molecule has 0 unspecified atom stereocenters. The number of carbonyl (C=O) groups is 1. The molecule has 0 atom stereocenters. The van der Waals surface area contributed by atoms with Gasteiger partial charge in [-0.2, -0.15) is 4.31 Å². The fraction of sp³-hybridized carbons (Fsp3) is 0.500. The van der Waals surface area contributed by atoms with Crippen molar-refractivity contribution in [2.45, 2.75) is 24.2 Å². The minimum absolute atomic E-state index is 0. The van der Waals surface area contributed by atoms with Crippen molar-refractivity contribution in [3.8, 4) is 0 Å². The third-order valence-corrected chi connectivity index (χ3v) is 5.88. The molecular formula is C14H21Cl2N3O3S. The maximum Gasteiger partial charge on any atom is 0.244 e. The second kappa shape index (κ2) is 8.84. The van der Waals surface area contributed by atoms with E-state index in [-0.39, 0.29) is 28.2 Å². The highest BCUT2D eigenvalue weighted by atomic mass is 35.5. The van der Waals surface area contributed by atoms with Gasteiger partial charge in [0.1, 0.15) is 4.90 Å². The van der Waals surface area contributed by atoms with Gasteiger partial charge in [-0.1, -0.05) is 11.6 Å². The van der Waals surface area contributed by atoms with Crippen LogP contribution in [0.25, 0.3) is 0 Å². The first kappa shape index (κ1) is 20.2. The molecule has 1 aliphatic heterocycles. The third kappa shape index (κ3) is 5.06. The maximum absolute atomic E-state index is 12.6. The first-order valence-corrected chi connectivity index (χ1v) is 9.01. The number of nitrogens with zero attached hydrogens (tertiary/aromatic N) is 1. The van der Waals surface area contributed by atoms with Crippen molar-refractivity contribution in [3.05, 3.63) is 23.2 Å². The summed E-state index contributed by atoms with van der Waals surface area (Å²) in [5, 5.41) is 5.73. The highest BCUT2D eigenvalue weighted by Gasteiger charge is 2.29. The zero-order valence-corrected chi connectivity index (χ0v) is 15.2. The Morgan fingerprint density at radius 1 is 1.30 bits per heavy atom. The van der Waals surface area contributed by atoms with Crippen molar-refractivity contribution in [1.82, 2.24) is 9.62 Å². The Bertz CT molecular complexity index is 647. The summed E-state index contributed by atoms with van der Waals surface area (Å²) in [4.78, 5) is 11.8. The molecule has 130 valence electrons. The van der Waals surface area contributed by atoms with Crippen molar-refractivity contribution in [2.75, 3.05) is 32.0 Å². The molecule has 1 aliphatic rings. The van der Waals surface area contributed by atoms with E-state index in [1.807, 2.05) is 0 Å². The first-order chi connectivity index (χ1) is 10.4. The van der Waals surface area contributed by atoms with Crippen LogP contribution < -0.4 is 10.6 Å². The lowest BCUT2D eigenvalue weighted by molar-refractivity contribution is -0.116. The number of amides is 1. The van der Waals surface area contributed by atoms with Gasteiger partial charge in [-0.25, -0.2) is 8.42 Å². The molecular weight excluding hydrogens is 361 g/mol. The predicted octanol–water partition coefficient (Wildman–Crippen LogP) is 2.09. The highest BCUT2D eigenvalue weighted by molar-refractivity contribution is 7.89. The molecule has 1 aromatic rings. The molecule has 0 saturated carbocycles. The van der Waals surface area contributed by atoms with E-state index in [0.717, 1.165) is 12.8 Å². The first-order valence-electron chi connectivity index (χ1n) is 7.19.